The molecule has 1 aliphatic rings. The second kappa shape index (κ2) is 7.27. The average Bonchev–Trinajstić information content (AvgIpc) is 2.96. The molecule has 2 rings (SSSR count). The first-order valence-electron chi connectivity index (χ1n) is 7.19. The van der Waals surface area contributed by atoms with Gasteiger partial charge in [0.2, 0.25) is 0 Å². The molecule has 0 unspecified atom stereocenters. The smallest absolute Gasteiger partial charge is 0.410 e. The van der Waals surface area contributed by atoms with Gasteiger partial charge in [-0.2, -0.15) is 0 Å². The second-order valence-electron chi connectivity index (χ2n) is 6.30. The molecular formula is C14H21ClN2O3S2. The van der Waals surface area contributed by atoms with Crippen molar-refractivity contribution in [1.29, 1.82) is 0 Å². The summed E-state index contributed by atoms with van der Waals surface area (Å²) in [7, 11) is -1.05. The normalized spacial score (nSPS) is 20.2. The summed E-state index contributed by atoms with van der Waals surface area (Å²) in [5, 5.41) is 0. The number of ether oxygens (including phenoxy) is 1. The van der Waals surface area contributed by atoms with E-state index < -0.39 is 16.4 Å². The van der Waals surface area contributed by atoms with Crippen LogP contribution in [0.4, 0.5) is 4.79 Å². The molecule has 0 bridgehead atoms. The second-order valence-corrected chi connectivity index (χ2v) is 9.50. The summed E-state index contributed by atoms with van der Waals surface area (Å²) in [5.41, 5.74) is -0.511. The number of likely N-dealkylation sites (tertiary alicyclic amines) is 1. The molecule has 22 heavy (non-hydrogen) atoms. The van der Waals surface area contributed by atoms with Gasteiger partial charge in [0, 0.05) is 40.2 Å². The Labute approximate surface area is 142 Å². The lowest BCUT2D eigenvalue weighted by molar-refractivity contribution is 0.0241. The molecule has 5 nitrogen and oxygen atoms in total. The topological polar surface area (TPSA) is 59.5 Å². The number of aromatic nitrogens is 1. The van der Waals surface area contributed by atoms with Crippen LogP contribution in [-0.4, -0.2) is 44.1 Å². The Balaban J connectivity index is 1.90. The predicted molar refractivity (Wildman–Crippen MR) is 89.8 cm³/mol. The Morgan fingerprint density at radius 2 is 2.32 bits per heavy atom. The Hall–Kier alpha value is -0.660. The van der Waals surface area contributed by atoms with Crippen LogP contribution < -0.4 is 0 Å². The molecule has 1 saturated heterocycles. The zero-order valence-electron chi connectivity index (χ0n) is 13.0. The lowest BCUT2D eigenvalue weighted by atomic mass is 10.2. The first-order chi connectivity index (χ1) is 10.2. The monoisotopic (exact) mass is 364 g/mol. The van der Waals surface area contributed by atoms with Crippen molar-refractivity contribution in [2.75, 3.05) is 12.3 Å². The van der Waals surface area contributed by atoms with Gasteiger partial charge in [-0.05, 0) is 33.6 Å². The first-order valence-corrected chi connectivity index (χ1v) is 9.87. The fourth-order valence-corrected chi connectivity index (χ4v) is 5.04. The Morgan fingerprint density at radius 3 is 2.91 bits per heavy atom. The predicted octanol–water partition coefficient (Wildman–Crippen LogP) is 3.44. The zero-order valence-corrected chi connectivity index (χ0v) is 15.4. The summed E-state index contributed by atoms with van der Waals surface area (Å²) in [5.74, 6) is 0.901. The van der Waals surface area contributed by atoms with Crippen molar-refractivity contribution in [3.05, 3.63) is 15.5 Å². The van der Waals surface area contributed by atoms with Crippen LogP contribution in [0.25, 0.3) is 0 Å². The van der Waals surface area contributed by atoms with Gasteiger partial charge in [0.25, 0.3) is 0 Å². The molecule has 0 aliphatic carbocycles. The number of hydrogen-bond donors (Lipinski definition) is 0. The molecule has 1 aliphatic heterocycles. The number of thiazole rings is 1. The molecular weight excluding hydrogens is 344 g/mol. The summed E-state index contributed by atoms with van der Waals surface area (Å²) in [6, 6.07) is -0.0147. The van der Waals surface area contributed by atoms with E-state index in [1.807, 2.05) is 20.8 Å². The molecule has 2 heterocycles. The van der Waals surface area contributed by atoms with Crippen molar-refractivity contribution >= 4 is 39.8 Å². The summed E-state index contributed by atoms with van der Waals surface area (Å²) in [6.45, 7) is 6.22. The molecule has 0 saturated carbocycles. The van der Waals surface area contributed by atoms with E-state index in [2.05, 4.69) is 4.98 Å². The molecule has 124 valence electrons. The standard InChI is InChI=1S/C14H21ClN2O3S2/c1-14(2,3)20-13(18)17-6-4-5-10(17)8-22(19)9-11-7-16-12(15)21-11/h7,10H,4-6,8-9H2,1-3H3/t10-,22-/m0/s1. The highest BCUT2D eigenvalue weighted by atomic mass is 35.5. The van der Waals surface area contributed by atoms with E-state index in [-0.39, 0.29) is 12.1 Å². The molecule has 1 fully saturated rings. The van der Waals surface area contributed by atoms with E-state index in [0.29, 0.717) is 22.5 Å². The van der Waals surface area contributed by atoms with Crippen LogP contribution in [0.15, 0.2) is 6.20 Å². The minimum absolute atomic E-state index is 0.0147. The highest BCUT2D eigenvalue weighted by molar-refractivity contribution is 7.84. The van der Waals surface area contributed by atoms with Crippen LogP contribution in [0, 0.1) is 0 Å². The molecule has 0 aromatic carbocycles. The Kier molecular flexibility index (Phi) is 5.85. The summed E-state index contributed by atoms with van der Waals surface area (Å²) < 4.78 is 18.2. The molecule has 1 amide bonds. The lowest BCUT2D eigenvalue weighted by Gasteiger charge is -2.28. The van der Waals surface area contributed by atoms with E-state index in [1.165, 1.54) is 11.3 Å². The van der Waals surface area contributed by atoms with E-state index in [4.69, 9.17) is 16.3 Å². The SMILES string of the molecule is CC(C)(C)OC(=O)N1CCC[C@H]1C[S@](=O)Cc1cnc(Cl)s1. The highest BCUT2D eigenvalue weighted by Gasteiger charge is 2.33. The fraction of sp³-hybridized carbons (Fsp3) is 0.714. The van der Waals surface area contributed by atoms with Crippen molar-refractivity contribution in [1.82, 2.24) is 9.88 Å². The van der Waals surface area contributed by atoms with Crippen LogP contribution >= 0.6 is 22.9 Å². The van der Waals surface area contributed by atoms with Gasteiger partial charge in [-0.1, -0.05) is 11.6 Å². The van der Waals surface area contributed by atoms with Crippen LogP contribution in [0.2, 0.25) is 4.47 Å². The van der Waals surface area contributed by atoms with E-state index in [1.54, 1.807) is 11.1 Å². The van der Waals surface area contributed by atoms with Crippen LogP contribution in [0.5, 0.6) is 0 Å². The first kappa shape index (κ1) is 17.7. The minimum atomic E-state index is -1.05. The molecule has 2 atom stereocenters. The summed E-state index contributed by atoms with van der Waals surface area (Å²) in [4.78, 5) is 18.8. The highest BCUT2D eigenvalue weighted by Crippen LogP contribution is 2.23. The number of rotatable bonds is 4. The van der Waals surface area contributed by atoms with Gasteiger partial charge < -0.3 is 9.64 Å². The average molecular weight is 365 g/mol. The minimum Gasteiger partial charge on any atom is -0.444 e. The third kappa shape index (κ3) is 5.21. The van der Waals surface area contributed by atoms with E-state index >= 15 is 0 Å². The maximum Gasteiger partial charge on any atom is 0.410 e. The van der Waals surface area contributed by atoms with Crippen LogP contribution in [0.3, 0.4) is 0 Å². The van der Waals surface area contributed by atoms with Crippen molar-refractivity contribution in [2.45, 2.75) is 51.0 Å². The van der Waals surface area contributed by atoms with E-state index in [0.717, 1.165) is 17.7 Å². The molecule has 1 aromatic heterocycles. The maximum atomic E-state index is 12.3. The van der Waals surface area contributed by atoms with Gasteiger partial charge in [0.05, 0.1) is 5.75 Å². The van der Waals surface area contributed by atoms with Gasteiger partial charge in [0.1, 0.15) is 5.60 Å². The van der Waals surface area contributed by atoms with Crippen LogP contribution in [-0.2, 0) is 21.3 Å². The van der Waals surface area contributed by atoms with Crippen molar-refractivity contribution in [3.63, 3.8) is 0 Å². The molecule has 8 heteroatoms. The number of nitrogens with zero attached hydrogens (tertiary/aromatic N) is 2. The van der Waals surface area contributed by atoms with Gasteiger partial charge in [-0.25, -0.2) is 9.78 Å². The Bertz CT molecular complexity index is 557. The van der Waals surface area contributed by atoms with E-state index in [9.17, 15) is 9.00 Å². The van der Waals surface area contributed by atoms with Gasteiger partial charge in [-0.3, -0.25) is 4.21 Å². The fourth-order valence-electron chi connectivity index (χ4n) is 2.35. The molecule has 0 N–H and O–H groups in total. The van der Waals surface area contributed by atoms with Gasteiger partial charge >= 0.3 is 6.09 Å². The molecule has 1 aromatic rings. The van der Waals surface area contributed by atoms with Crippen molar-refractivity contribution in [3.8, 4) is 0 Å². The van der Waals surface area contributed by atoms with Gasteiger partial charge in [-0.15, -0.1) is 11.3 Å². The number of halogens is 1. The van der Waals surface area contributed by atoms with Gasteiger partial charge in [0.15, 0.2) is 4.47 Å². The largest absolute Gasteiger partial charge is 0.444 e. The number of hydrogen-bond acceptors (Lipinski definition) is 5. The number of carbonyl (C=O) groups excluding carboxylic acids is 1. The van der Waals surface area contributed by atoms with Crippen molar-refractivity contribution in [2.24, 2.45) is 0 Å². The summed E-state index contributed by atoms with van der Waals surface area (Å²) >= 11 is 7.12. The lowest BCUT2D eigenvalue weighted by Crippen LogP contribution is -2.42. The summed E-state index contributed by atoms with van der Waals surface area (Å²) in [6.07, 6.45) is 3.14. The third-order valence-electron chi connectivity index (χ3n) is 3.21. The third-order valence-corrected chi connectivity index (χ3v) is 5.90. The van der Waals surface area contributed by atoms with Crippen LogP contribution in [0.1, 0.15) is 38.5 Å². The molecule has 0 radical (unpaired) electrons. The zero-order chi connectivity index (χ0) is 16.3. The number of amides is 1. The maximum absolute atomic E-state index is 12.3. The van der Waals surface area contributed by atoms with Crippen molar-refractivity contribution < 1.29 is 13.7 Å². The Morgan fingerprint density at radius 1 is 1.59 bits per heavy atom. The quantitative estimate of drug-likeness (QED) is 0.821. The molecule has 0 spiro atoms. The number of carbonyl (C=O) groups is 1.